The first kappa shape index (κ1) is 20.6. The van der Waals surface area contributed by atoms with Gasteiger partial charge in [0.1, 0.15) is 5.76 Å². The van der Waals surface area contributed by atoms with Crippen LogP contribution in [0.3, 0.4) is 0 Å². The van der Waals surface area contributed by atoms with Gasteiger partial charge in [0.2, 0.25) is 5.91 Å². The molecule has 0 aliphatic heterocycles. The highest BCUT2D eigenvalue weighted by Crippen LogP contribution is 2.11. The van der Waals surface area contributed by atoms with E-state index in [0.717, 1.165) is 29.0 Å². The van der Waals surface area contributed by atoms with Crippen molar-refractivity contribution in [3.63, 3.8) is 0 Å². The number of nitrogens with one attached hydrogen (secondary N) is 1. The van der Waals surface area contributed by atoms with Crippen LogP contribution in [0.5, 0.6) is 0 Å². The number of rotatable bonds is 10. The maximum atomic E-state index is 12.6. The molecule has 0 aliphatic rings. The molecule has 0 saturated carbocycles. The van der Waals surface area contributed by atoms with Gasteiger partial charge in [-0.05, 0) is 41.8 Å². The van der Waals surface area contributed by atoms with E-state index < -0.39 is 0 Å². The molecule has 0 saturated heterocycles. The standard InChI is InChI=1S/C25H26N4O2/c30-25(26-14-13-22-16-27-29(18-22)23-10-5-2-6-11-23)20-28(19-24-12-7-15-31-24)17-21-8-3-1-4-9-21/h1-12,15-16,18H,13-14,17,19-20H2,(H,26,30). The van der Waals surface area contributed by atoms with Crippen molar-refractivity contribution in [1.29, 1.82) is 0 Å². The highest BCUT2D eigenvalue weighted by molar-refractivity contribution is 5.78. The molecule has 0 atom stereocenters. The second-order valence-corrected chi connectivity index (χ2v) is 7.44. The molecule has 0 bridgehead atoms. The van der Waals surface area contributed by atoms with Gasteiger partial charge in [-0.15, -0.1) is 0 Å². The van der Waals surface area contributed by atoms with Crippen molar-refractivity contribution in [3.05, 3.63) is 108 Å². The third-order valence-corrected chi connectivity index (χ3v) is 4.97. The summed E-state index contributed by atoms with van der Waals surface area (Å²) in [5.74, 6) is 0.843. The predicted molar refractivity (Wildman–Crippen MR) is 120 cm³/mol. The normalized spacial score (nSPS) is 11.0. The monoisotopic (exact) mass is 414 g/mol. The van der Waals surface area contributed by atoms with Crippen molar-refractivity contribution < 1.29 is 9.21 Å². The Kier molecular flexibility index (Phi) is 6.92. The van der Waals surface area contributed by atoms with Gasteiger partial charge in [0, 0.05) is 19.3 Å². The second-order valence-electron chi connectivity index (χ2n) is 7.44. The number of amides is 1. The van der Waals surface area contributed by atoms with Gasteiger partial charge < -0.3 is 9.73 Å². The molecule has 0 fully saturated rings. The van der Waals surface area contributed by atoms with Gasteiger partial charge in [0.15, 0.2) is 0 Å². The van der Waals surface area contributed by atoms with Crippen molar-refractivity contribution in [2.24, 2.45) is 0 Å². The summed E-state index contributed by atoms with van der Waals surface area (Å²) in [4.78, 5) is 14.7. The lowest BCUT2D eigenvalue weighted by molar-refractivity contribution is -0.122. The number of carbonyl (C=O) groups is 1. The summed E-state index contributed by atoms with van der Waals surface area (Å²) in [6.45, 7) is 2.14. The van der Waals surface area contributed by atoms with Crippen LogP contribution in [0, 0.1) is 0 Å². The number of benzene rings is 2. The van der Waals surface area contributed by atoms with Crippen LogP contribution < -0.4 is 5.32 Å². The number of furan rings is 1. The fourth-order valence-electron chi connectivity index (χ4n) is 3.45. The third-order valence-electron chi connectivity index (χ3n) is 4.97. The highest BCUT2D eigenvalue weighted by atomic mass is 16.3. The average molecular weight is 415 g/mol. The highest BCUT2D eigenvalue weighted by Gasteiger charge is 2.13. The summed E-state index contributed by atoms with van der Waals surface area (Å²) in [7, 11) is 0. The summed E-state index contributed by atoms with van der Waals surface area (Å²) < 4.78 is 7.33. The van der Waals surface area contributed by atoms with Crippen LogP contribution in [0.15, 0.2) is 95.9 Å². The zero-order valence-corrected chi connectivity index (χ0v) is 17.4. The molecule has 4 aromatic rings. The molecule has 2 aromatic heterocycles. The van der Waals surface area contributed by atoms with Crippen LogP contribution in [0.25, 0.3) is 5.69 Å². The summed E-state index contributed by atoms with van der Waals surface area (Å²) >= 11 is 0. The molecule has 158 valence electrons. The Morgan fingerprint density at radius 2 is 1.71 bits per heavy atom. The summed E-state index contributed by atoms with van der Waals surface area (Å²) in [6, 6.07) is 23.9. The summed E-state index contributed by atoms with van der Waals surface area (Å²) in [5.41, 5.74) is 3.27. The second kappa shape index (κ2) is 10.4. The maximum absolute atomic E-state index is 12.6. The molecule has 0 aliphatic carbocycles. The van der Waals surface area contributed by atoms with Gasteiger partial charge in [-0.25, -0.2) is 4.68 Å². The van der Waals surface area contributed by atoms with Gasteiger partial charge in [0.25, 0.3) is 0 Å². The number of para-hydroxylation sites is 1. The SMILES string of the molecule is O=C(CN(Cc1ccccc1)Cc1ccco1)NCCc1cnn(-c2ccccc2)c1. The Hall–Kier alpha value is -3.64. The Labute approximate surface area is 182 Å². The molecule has 2 heterocycles. The van der Waals surface area contributed by atoms with E-state index >= 15 is 0 Å². The Morgan fingerprint density at radius 3 is 2.45 bits per heavy atom. The molecular weight excluding hydrogens is 388 g/mol. The Balaban J connectivity index is 1.29. The molecule has 0 spiro atoms. The fraction of sp³-hybridized carbons (Fsp3) is 0.200. The molecule has 31 heavy (non-hydrogen) atoms. The van der Waals surface area contributed by atoms with Crippen LogP contribution >= 0.6 is 0 Å². The summed E-state index contributed by atoms with van der Waals surface area (Å²) in [5, 5.41) is 7.43. The van der Waals surface area contributed by atoms with Crippen molar-refractivity contribution in [2.75, 3.05) is 13.1 Å². The lowest BCUT2D eigenvalue weighted by atomic mass is 10.2. The van der Waals surface area contributed by atoms with Crippen molar-refractivity contribution in [1.82, 2.24) is 20.0 Å². The lowest BCUT2D eigenvalue weighted by Gasteiger charge is -2.21. The largest absolute Gasteiger partial charge is 0.468 e. The molecular formula is C25H26N4O2. The fourth-order valence-corrected chi connectivity index (χ4v) is 3.45. The van der Waals surface area contributed by atoms with Crippen LogP contribution in [-0.4, -0.2) is 33.7 Å². The topological polar surface area (TPSA) is 63.3 Å². The van der Waals surface area contributed by atoms with E-state index in [4.69, 9.17) is 4.42 Å². The third kappa shape index (κ3) is 6.17. The van der Waals surface area contributed by atoms with Gasteiger partial charge in [0.05, 0.1) is 31.2 Å². The summed E-state index contributed by atoms with van der Waals surface area (Å²) in [6.07, 6.45) is 6.24. The van der Waals surface area contributed by atoms with E-state index in [9.17, 15) is 4.79 Å². The van der Waals surface area contributed by atoms with Crippen molar-refractivity contribution in [2.45, 2.75) is 19.5 Å². The van der Waals surface area contributed by atoms with Gasteiger partial charge in [-0.1, -0.05) is 48.5 Å². The van der Waals surface area contributed by atoms with E-state index in [0.29, 0.717) is 26.2 Å². The van der Waals surface area contributed by atoms with E-state index in [1.807, 2.05) is 77.7 Å². The maximum Gasteiger partial charge on any atom is 0.234 e. The predicted octanol–water partition coefficient (Wildman–Crippen LogP) is 3.83. The number of hydrogen-bond acceptors (Lipinski definition) is 4. The number of nitrogens with zero attached hydrogens (tertiary/aromatic N) is 3. The zero-order valence-electron chi connectivity index (χ0n) is 17.4. The number of carbonyl (C=O) groups excluding carboxylic acids is 1. The first-order valence-electron chi connectivity index (χ1n) is 10.4. The minimum absolute atomic E-state index is 0.00191. The number of aromatic nitrogens is 2. The smallest absolute Gasteiger partial charge is 0.234 e. The first-order chi connectivity index (χ1) is 15.3. The van der Waals surface area contributed by atoms with E-state index in [2.05, 4.69) is 27.4 Å². The van der Waals surface area contributed by atoms with Gasteiger partial charge >= 0.3 is 0 Å². The zero-order chi connectivity index (χ0) is 21.3. The molecule has 1 amide bonds. The van der Waals surface area contributed by atoms with Crippen LogP contribution in [-0.2, 0) is 24.3 Å². The molecule has 6 nitrogen and oxygen atoms in total. The van der Waals surface area contributed by atoms with Crippen LogP contribution in [0.2, 0.25) is 0 Å². The van der Waals surface area contributed by atoms with E-state index in [1.165, 1.54) is 0 Å². The molecule has 1 N–H and O–H groups in total. The molecule has 4 rings (SSSR count). The van der Waals surface area contributed by atoms with Crippen molar-refractivity contribution in [3.8, 4) is 5.69 Å². The van der Waals surface area contributed by atoms with Gasteiger partial charge in [-0.2, -0.15) is 5.10 Å². The van der Waals surface area contributed by atoms with Crippen LogP contribution in [0.1, 0.15) is 16.9 Å². The average Bonchev–Trinajstić information content (AvgIpc) is 3.47. The molecule has 2 aromatic carbocycles. The molecule has 0 radical (unpaired) electrons. The van der Waals surface area contributed by atoms with E-state index in [1.54, 1.807) is 6.26 Å². The first-order valence-corrected chi connectivity index (χ1v) is 10.4. The lowest BCUT2D eigenvalue weighted by Crippen LogP contribution is -2.37. The van der Waals surface area contributed by atoms with Crippen LogP contribution in [0.4, 0.5) is 0 Å². The minimum atomic E-state index is -0.00191. The quantitative estimate of drug-likeness (QED) is 0.428. The minimum Gasteiger partial charge on any atom is -0.468 e. The Morgan fingerprint density at radius 1 is 0.935 bits per heavy atom. The molecule has 6 heteroatoms. The number of hydrogen-bond donors (Lipinski definition) is 1. The van der Waals surface area contributed by atoms with E-state index in [-0.39, 0.29) is 5.91 Å². The molecule has 0 unspecified atom stereocenters. The van der Waals surface area contributed by atoms with Crippen molar-refractivity contribution >= 4 is 5.91 Å². The van der Waals surface area contributed by atoms with Gasteiger partial charge in [-0.3, -0.25) is 9.69 Å². The Bertz CT molecular complexity index is 1060.